The minimum atomic E-state index is -3.71. The van der Waals surface area contributed by atoms with Crippen molar-refractivity contribution >= 4 is 27.7 Å². The van der Waals surface area contributed by atoms with Crippen LogP contribution in [0.5, 0.6) is 0 Å². The van der Waals surface area contributed by atoms with Crippen molar-refractivity contribution in [3.63, 3.8) is 0 Å². The summed E-state index contributed by atoms with van der Waals surface area (Å²) in [6.07, 6.45) is 2.89. The molecule has 0 bridgehead atoms. The maximum absolute atomic E-state index is 12.6. The Kier molecular flexibility index (Phi) is 7.47. The number of thioether (sulfide) groups is 1. The maximum Gasteiger partial charge on any atom is 0.243 e. The first-order valence-electron chi connectivity index (χ1n) is 8.76. The molecule has 0 fully saturated rings. The van der Waals surface area contributed by atoms with Crippen molar-refractivity contribution in [3.05, 3.63) is 59.7 Å². The van der Waals surface area contributed by atoms with Crippen molar-refractivity contribution in [2.75, 3.05) is 19.8 Å². The predicted molar refractivity (Wildman–Crippen MR) is 110 cm³/mol. The number of carbonyl (C=O) groups is 1. The molecule has 0 aliphatic rings. The maximum atomic E-state index is 12.6. The number of hydrogen-bond donors (Lipinski definition) is 1. The zero-order valence-corrected chi connectivity index (χ0v) is 17.7. The molecule has 2 aromatic rings. The molecule has 0 saturated heterocycles. The molecule has 0 aliphatic carbocycles. The summed E-state index contributed by atoms with van der Waals surface area (Å²) >= 11 is 1.54. The number of aryl methyl sites for hydroxylation is 1. The summed E-state index contributed by atoms with van der Waals surface area (Å²) in [5, 5.41) is 2.86. The highest BCUT2D eigenvalue weighted by atomic mass is 32.2. The van der Waals surface area contributed by atoms with Crippen LogP contribution in [0.25, 0.3) is 0 Å². The average Bonchev–Trinajstić information content (AvgIpc) is 2.67. The van der Waals surface area contributed by atoms with Gasteiger partial charge in [-0.05, 0) is 55.0 Å². The van der Waals surface area contributed by atoms with Crippen molar-refractivity contribution in [1.29, 1.82) is 0 Å². The van der Waals surface area contributed by atoms with E-state index < -0.39 is 10.0 Å². The molecular weight excluding hydrogens is 380 g/mol. The molecule has 27 heavy (non-hydrogen) atoms. The highest BCUT2D eigenvalue weighted by molar-refractivity contribution is 7.98. The van der Waals surface area contributed by atoms with Crippen molar-refractivity contribution in [2.24, 2.45) is 0 Å². The molecule has 1 amide bonds. The van der Waals surface area contributed by atoms with Gasteiger partial charge in [0.15, 0.2) is 0 Å². The summed E-state index contributed by atoms with van der Waals surface area (Å²) in [6.45, 7) is 3.74. The van der Waals surface area contributed by atoms with Crippen LogP contribution in [0.1, 0.15) is 31.0 Å². The van der Waals surface area contributed by atoms with Gasteiger partial charge in [-0.3, -0.25) is 4.79 Å². The van der Waals surface area contributed by atoms with Gasteiger partial charge in [0, 0.05) is 11.9 Å². The Balaban J connectivity index is 2.00. The van der Waals surface area contributed by atoms with E-state index in [-0.39, 0.29) is 23.4 Å². The highest BCUT2D eigenvalue weighted by Crippen LogP contribution is 2.20. The molecule has 0 spiro atoms. The van der Waals surface area contributed by atoms with Crippen molar-refractivity contribution in [1.82, 2.24) is 9.62 Å². The van der Waals surface area contributed by atoms with Gasteiger partial charge in [-0.15, -0.1) is 11.8 Å². The highest BCUT2D eigenvalue weighted by Gasteiger charge is 2.23. The van der Waals surface area contributed by atoms with Gasteiger partial charge in [0.05, 0.1) is 17.5 Å². The first-order valence-corrected chi connectivity index (χ1v) is 11.4. The second-order valence-corrected chi connectivity index (χ2v) is 9.25. The average molecular weight is 407 g/mol. The first kappa shape index (κ1) is 21.5. The lowest BCUT2D eigenvalue weighted by Crippen LogP contribution is -2.39. The quantitative estimate of drug-likeness (QED) is 0.682. The van der Waals surface area contributed by atoms with Crippen LogP contribution in [-0.2, 0) is 21.2 Å². The second kappa shape index (κ2) is 9.39. The van der Waals surface area contributed by atoms with Crippen LogP contribution in [0.2, 0.25) is 0 Å². The third kappa shape index (κ3) is 5.57. The Morgan fingerprint density at radius 3 is 2.22 bits per heavy atom. The lowest BCUT2D eigenvalue weighted by Gasteiger charge is -2.19. The van der Waals surface area contributed by atoms with Gasteiger partial charge >= 0.3 is 0 Å². The van der Waals surface area contributed by atoms with E-state index >= 15 is 0 Å². The largest absolute Gasteiger partial charge is 0.348 e. The zero-order valence-electron chi connectivity index (χ0n) is 16.1. The van der Waals surface area contributed by atoms with E-state index in [1.165, 1.54) is 12.6 Å². The summed E-state index contributed by atoms with van der Waals surface area (Å²) < 4.78 is 26.3. The summed E-state index contributed by atoms with van der Waals surface area (Å²) in [7, 11) is -2.29. The van der Waals surface area contributed by atoms with Gasteiger partial charge in [0.25, 0.3) is 0 Å². The number of benzene rings is 2. The lowest BCUT2D eigenvalue weighted by molar-refractivity contribution is -0.121. The number of carbonyl (C=O) groups excluding carboxylic acids is 1. The molecule has 0 saturated carbocycles. The van der Waals surface area contributed by atoms with Crippen LogP contribution < -0.4 is 5.32 Å². The van der Waals surface area contributed by atoms with E-state index in [1.54, 1.807) is 36.0 Å². The smallest absolute Gasteiger partial charge is 0.243 e. The summed E-state index contributed by atoms with van der Waals surface area (Å²) in [5.41, 5.74) is 2.22. The van der Waals surface area contributed by atoms with Crippen LogP contribution in [0, 0.1) is 0 Å². The van der Waals surface area contributed by atoms with Crippen LogP contribution in [0.3, 0.4) is 0 Å². The number of nitrogens with zero attached hydrogens (tertiary/aromatic N) is 1. The molecule has 0 heterocycles. The van der Waals surface area contributed by atoms with E-state index in [0.717, 1.165) is 21.2 Å². The summed E-state index contributed by atoms with van der Waals surface area (Å²) in [6, 6.07) is 14.5. The van der Waals surface area contributed by atoms with E-state index in [4.69, 9.17) is 0 Å². The summed E-state index contributed by atoms with van der Waals surface area (Å²) in [4.78, 5) is 13.5. The molecule has 1 unspecified atom stereocenters. The molecule has 2 aromatic carbocycles. The van der Waals surface area contributed by atoms with Crippen molar-refractivity contribution in [2.45, 2.75) is 36.1 Å². The second-order valence-electron chi connectivity index (χ2n) is 6.32. The van der Waals surface area contributed by atoms with E-state index in [2.05, 4.69) is 12.2 Å². The Hall–Kier alpha value is -1.83. The number of hydrogen-bond acceptors (Lipinski definition) is 4. The third-order valence-electron chi connectivity index (χ3n) is 4.40. The molecule has 0 aliphatic heterocycles. The topological polar surface area (TPSA) is 66.5 Å². The number of sulfonamides is 1. The van der Waals surface area contributed by atoms with Gasteiger partial charge in [-0.25, -0.2) is 8.42 Å². The van der Waals surface area contributed by atoms with Crippen molar-refractivity contribution in [3.8, 4) is 0 Å². The third-order valence-corrected chi connectivity index (χ3v) is 6.96. The van der Waals surface area contributed by atoms with Crippen molar-refractivity contribution < 1.29 is 13.2 Å². The molecule has 1 N–H and O–H groups in total. The molecule has 1 atom stereocenters. The molecule has 146 valence electrons. The number of nitrogens with one attached hydrogen (secondary N) is 1. The number of amides is 1. The predicted octanol–water partition coefficient (Wildman–Crippen LogP) is 3.47. The van der Waals surface area contributed by atoms with E-state index in [0.29, 0.717) is 0 Å². The Morgan fingerprint density at radius 2 is 1.70 bits per heavy atom. The lowest BCUT2D eigenvalue weighted by atomic mass is 10.1. The zero-order chi connectivity index (χ0) is 20.0. The Morgan fingerprint density at radius 1 is 1.11 bits per heavy atom. The first-order chi connectivity index (χ1) is 12.8. The van der Waals surface area contributed by atoms with Crippen LogP contribution in [0.15, 0.2) is 58.3 Å². The fourth-order valence-electron chi connectivity index (χ4n) is 2.63. The minimum Gasteiger partial charge on any atom is -0.348 e. The van der Waals surface area contributed by atoms with Crippen LogP contribution in [-0.4, -0.2) is 38.5 Å². The Bertz CT molecular complexity index is 863. The number of rotatable bonds is 8. The Labute approximate surface area is 166 Å². The molecule has 0 aromatic heterocycles. The van der Waals surface area contributed by atoms with E-state index in [9.17, 15) is 13.2 Å². The van der Waals surface area contributed by atoms with Gasteiger partial charge in [0.2, 0.25) is 15.9 Å². The van der Waals surface area contributed by atoms with Gasteiger partial charge in [-0.2, -0.15) is 4.31 Å². The SMILES string of the molecule is CCc1ccc(C(C)NC(=O)CN(C)S(=O)(=O)c2ccc(SC)cc2)cc1. The monoisotopic (exact) mass is 406 g/mol. The van der Waals surface area contributed by atoms with Crippen LogP contribution >= 0.6 is 11.8 Å². The minimum absolute atomic E-state index is 0.179. The fraction of sp³-hybridized carbons (Fsp3) is 0.350. The van der Waals surface area contributed by atoms with Gasteiger partial charge in [-0.1, -0.05) is 31.2 Å². The number of likely N-dealkylation sites (N-methyl/N-ethyl adjacent to an activating group) is 1. The van der Waals surface area contributed by atoms with E-state index in [1.807, 2.05) is 37.4 Å². The fourth-order valence-corrected chi connectivity index (χ4v) is 4.16. The standard InChI is InChI=1S/C20H26N2O3S2/c1-5-16-6-8-17(9-7-16)15(2)21-20(23)14-22(3)27(24,25)19-12-10-18(26-4)11-13-19/h6-13,15H,5,14H2,1-4H3,(H,21,23). The van der Waals surface area contributed by atoms with Gasteiger partial charge in [0.1, 0.15) is 0 Å². The molecule has 2 rings (SSSR count). The molecule has 0 radical (unpaired) electrons. The molecular formula is C20H26N2O3S2. The van der Waals surface area contributed by atoms with Crippen LogP contribution in [0.4, 0.5) is 0 Å². The molecule has 7 heteroatoms. The molecule has 5 nitrogen and oxygen atoms in total. The van der Waals surface area contributed by atoms with Gasteiger partial charge < -0.3 is 5.32 Å². The summed E-state index contributed by atoms with van der Waals surface area (Å²) in [5.74, 6) is -0.339. The normalized spacial score (nSPS) is 12.8.